The summed E-state index contributed by atoms with van der Waals surface area (Å²) < 4.78 is 63.5. The number of halogens is 3. The molecule has 7 nitrogen and oxygen atoms in total. The molecule has 1 aliphatic carbocycles. The Hall–Kier alpha value is -2.14. The molecule has 1 saturated carbocycles. The number of hydrogen-bond donors (Lipinski definition) is 1. The lowest BCUT2D eigenvalue weighted by Gasteiger charge is -2.45. The fourth-order valence-electron chi connectivity index (χ4n) is 5.79. The van der Waals surface area contributed by atoms with Crippen LogP contribution in [0, 0.1) is 5.92 Å². The number of sulfone groups is 1. The monoisotopic (exact) mass is 531 g/mol. The first-order chi connectivity index (χ1) is 16.7. The van der Waals surface area contributed by atoms with Crippen LogP contribution in [0.4, 0.5) is 13.2 Å². The summed E-state index contributed by atoms with van der Waals surface area (Å²) in [4.78, 5) is 29.9. The number of benzene rings is 1. The van der Waals surface area contributed by atoms with E-state index >= 15 is 0 Å². The minimum Gasteiger partial charge on any atom is -0.340 e. The summed E-state index contributed by atoms with van der Waals surface area (Å²) in [6.07, 6.45) is -0.892. The average molecular weight is 532 g/mol. The Bertz CT molecular complexity index is 1060. The molecule has 2 aliphatic rings. The van der Waals surface area contributed by atoms with E-state index in [1.165, 1.54) is 12.3 Å². The van der Waals surface area contributed by atoms with Crippen LogP contribution in [0.2, 0.25) is 0 Å². The zero-order valence-electron chi connectivity index (χ0n) is 21.2. The maximum Gasteiger partial charge on any atom is 0.416 e. The molecule has 0 unspecified atom stereocenters. The highest BCUT2D eigenvalue weighted by atomic mass is 32.2. The van der Waals surface area contributed by atoms with Crippen LogP contribution in [-0.4, -0.2) is 79.3 Å². The number of carbonyl (C=O) groups excluding carboxylic acids is 2. The quantitative estimate of drug-likeness (QED) is 0.556. The third-order valence-electron chi connectivity index (χ3n) is 7.33. The van der Waals surface area contributed by atoms with Gasteiger partial charge in [-0.15, -0.1) is 0 Å². The number of nitrogens with zero attached hydrogens (tertiary/aromatic N) is 2. The fraction of sp³-hybridized carbons (Fsp3) is 0.680. The van der Waals surface area contributed by atoms with Crippen molar-refractivity contribution in [2.75, 3.05) is 25.1 Å². The van der Waals surface area contributed by atoms with E-state index in [1.54, 1.807) is 4.90 Å². The Balaban J connectivity index is 1.73. The molecule has 2 fully saturated rings. The summed E-state index contributed by atoms with van der Waals surface area (Å²) >= 11 is 0. The largest absolute Gasteiger partial charge is 0.416 e. The molecule has 1 N–H and O–H groups in total. The molecule has 11 heteroatoms. The van der Waals surface area contributed by atoms with Crippen LogP contribution in [-0.2, 0) is 20.8 Å². The number of carbonyl (C=O) groups is 2. The minimum absolute atomic E-state index is 0.0190. The lowest BCUT2D eigenvalue weighted by Crippen LogP contribution is -2.53. The normalized spacial score (nSPS) is 25.6. The molecule has 2 amide bonds. The average Bonchev–Trinajstić information content (AvgIpc) is 3.12. The molecule has 1 heterocycles. The minimum atomic E-state index is -4.58. The van der Waals surface area contributed by atoms with Gasteiger partial charge in [0.2, 0.25) is 5.91 Å². The lowest BCUT2D eigenvalue weighted by molar-refractivity contribution is -0.137. The van der Waals surface area contributed by atoms with Crippen LogP contribution < -0.4 is 5.32 Å². The van der Waals surface area contributed by atoms with Gasteiger partial charge in [-0.25, -0.2) is 8.42 Å². The Morgan fingerprint density at radius 2 is 1.92 bits per heavy atom. The molecular formula is C25H36F3N3O4S. The Kier molecular flexibility index (Phi) is 8.75. The van der Waals surface area contributed by atoms with Crippen molar-refractivity contribution in [3.05, 3.63) is 35.4 Å². The fourth-order valence-corrected chi connectivity index (χ4v) is 6.93. The van der Waals surface area contributed by atoms with Gasteiger partial charge < -0.3 is 10.2 Å². The van der Waals surface area contributed by atoms with Crippen molar-refractivity contribution in [1.29, 1.82) is 0 Å². The summed E-state index contributed by atoms with van der Waals surface area (Å²) in [5.74, 6) is -1.30. The van der Waals surface area contributed by atoms with Gasteiger partial charge >= 0.3 is 6.18 Å². The van der Waals surface area contributed by atoms with E-state index < -0.39 is 33.5 Å². The first-order valence-corrected chi connectivity index (χ1v) is 14.5. The van der Waals surface area contributed by atoms with Gasteiger partial charge in [0.25, 0.3) is 5.91 Å². The van der Waals surface area contributed by atoms with Crippen molar-refractivity contribution in [3.63, 3.8) is 0 Å². The van der Waals surface area contributed by atoms with E-state index in [4.69, 9.17) is 0 Å². The Morgan fingerprint density at radius 3 is 2.50 bits per heavy atom. The molecule has 202 valence electrons. The highest BCUT2D eigenvalue weighted by Crippen LogP contribution is 2.35. The summed E-state index contributed by atoms with van der Waals surface area (Å²) in [5.41, 5.74) is -1.10. The predicted molar refractivity (Wildman–Crippen MR) is 131 cm³/mol. The zero-order valence-corrected chi connectivity index (χ0v) is 22.0. The van der Waals surface area contributed by atoms with Gasteiger partial charge in [0.05, 0.1) is 11.3 Å². The second-order valence-corrected chi connectivity index (χ2v) is 12.4. The number of amides is 2. The topological polar surface area (TPSA) is 86.8 Å². The Labute approximate surface area is 211 Å². The third-order valence-corrected chi connectivity index (χ3v) is 8.36. The maximum atomic E-state index is 13.3. The number of rotatable bonds is 8. The maximum absolute atomic E-state index is 13.3. The zero-order chi connectivity index (χ0) is 26.8. The predicted octanol–water partition coefficient (Wildman–Crippen LogP) is 3.35. The standard InChI is InChI=1S/C25H36F3N3O4S/c1-5-30(16(2)3)20-9-10-22(18(14-20)15-36(4,34)35)31-12-11-21(24(31)33)29-23(32)17-7-6-8-19(13-17)25(26,27)28/h6-8,13,16,18,20-22H,5,9-12,14-15H2,1-4H3,(H,29,32)/t18-,20-,21+,22+/m1/s1. The molecule has 1 saturated heterocycles. The molecule has 0 aromatic heterocycles. The van der Waals surface area contributed by atoms with Crippen LogP contribution in [0.5, 0.6) is 0 Å². The summed E-state index contributed by atoms with van der Waals surface area (Å²) in [7, 11) is -3.28. The van der Waals surface area contributed by atoms with Crippen LogP contribution in [0.1, 0.15) is 62.4 Å². The lowest BCUT2D eigenvalue weighted by atomic mass is 9.80. The molecule has 1 aliphatic heterocycles. The SMILES string of the molecule is CCN(C(C)C)[C@@H]1CC[C@H](N2CC[C@H](NC(=O)c3cccc(C(F)(F)F)c3)C2=O)[C@@H](CS(C)(=O)=O)C1. The van der Waals surface area contributed by atoms with Gasteiger partial charge in [-0.2, -0.15) is 13.2 Å². The molecule has 4 atom stereocenters. The molecule has 0 radical (unpaired) electrons. The van der Waals surface area contributed by atoms with Crippen molar-refractivity contribution >= 4 is 21.7 Å². The van der Waals surface area contributed by atoms with E-state index in [2.05, 4.69) is 31.0 Å². The van der Waals surface area contributed by atoms with Crippen molar-refractivity contribution in [2.24, 2.45) is 5.92 Å². The van der Waals surface area contributed by atoms with Crippen LogP contribution in [0.3, 0.4) is 0 Å². The van der Waals surface area contributed by atoms with Gasteiger partial charge in [0, 0.05) is 36.5 Å². The molecule has 1 aromatic rings. The molecule has 36 heavy (non-hydrogen) atoms. The van der Waals surface area contributed by atoms with Gasteiger partial charge in [-0.3, -0.25) is 14.5 Å². The van der Waals surface area contributed by atoms with Gasteiger partial charge in [-0.05, 0) is 70.2 Å². The van der Waals surface area contributed by atoms with Crippen molar-refractivity contribution in [3.8, 4) is 0 Å². The summed E-state index contributed by atoms with van der Waals surface area (Å²) in [6.45, 7) is 7.53. The van der Waals surface area contributed by atoms with E-state index in [0.29, 0.717) is 31.8 Å². The number of hydrogen-bond acceptors (Lipinski definition) is 5. The number of likely N-dealkylation sites (tertiary alicyclic amines) is 1. The second kappa shape index (κ2) is 11.1. The van der Waals surface area contributed by atoms with Crippen molar-refractivity contribution < 1.29 is 31.2 Å². The smallest absolute Gasteiger partial charge is 0.340 e. The van der Waals surface area contributed by atoms with Gasteiger partial charge in [0.15, 0.2) is 0 Å². The van der Waals surface area contributed by atoms with Gasteiger partial charge in [-0.1, -0.05) is 13.0 Å². The highest BCUT2D eigenvalue weighted by Gasteiger charge is 2.44. The molecule has 0 bridgehead atoms. The summed E-state index contributed by atoms with van der Waals surface area (Å²) in [5, 5.41) is 2.58. The van der Waals surface area contributed by atoms with E-state index in [-0.39, 0.29) is 35.2 Å². The first kappa shape index (κ1) is 28.4. The molecule has 3 rings (SSSR count). The van der Waals surface area contributed by atoms with Crippen LogP contribution in [0.15, 0.2) is 24.3 Å². The van der Waals surface area contributed by atoms with Gasteiger partial charge in [0.1, 0.15) is 15.9 Å². The first-order valence-electron chi connectivity index (χ1n) is 12.4. The third kappa shape index (κ3) is 6.79. The van der Waals surface area contributed by atoms with E-state index in [9.17, 15) is 31.2 Å². The summed E-state index contributed by atoms with van der Waals surface area (Å²) in [6, 6.07) is 3.52. The molecule has 0 spiro atoms. The van der Waals surface area contributed by atoms with Crippen molar-refractivity contribution in [1.82, 2.24) is 15.1 Å². The molecular weight excluding hydrogens is 495 g/mol. The van der Waals surface area contributed by atoms with E-state index in [1.807, 2.05) is 0 Å². The highest BCUT2D eigenvalue weighted by molar-refractivity contribution is 7.90. The number of nitrogens with one attached hydrogen (secondary N) is 1. The van der Waals surface area contributed by atoms with Crippen LogP contribution in [0.25, 0.3) is 0 Å². The van der Waals surface area contributed by atoms with Crippen LogP contribution >= 0.6 is 0 Å². The second-order valence-electron chi connectivity index (χ2n) is 10.2. The Morgan fingerprint density at radius 1 is 1.22 bits per heavy atom. The van der Waals surface area contributed by atoms with E-state index in [0.717, 1.165) is 31.2 Å². The number of alkyl halides is 3. The molecule has 1 aromatic carbocycles. The van der Waals surface area contributed by atoms with Crippen molar-refractivity contribution in [2.45, 2.75) is 76.8 Å².